The molecule has 1 aromatic heterocycles. The first-order valence-corrected chi connectivity index (χ1v) is 9.92. The predicted molar refractivity (Wildman–Crippen MR) is 114 cm³/mol. The second kappa shape index (κ2) is 8.88. The number of carbonyl (C=O) groups excluding carboxylic acids is 1. The average Bonchev–Trinajstić information content (AvgIpc) is 3.16. The number of nitrogens with zero attached hydrogens (tertiary/aromatic N) is 3. The van der Waals surface area contributed by atoms with Gasteiger partial charge in [0.05, 0.1) is 25.5 Å². The Labute approximate surface area is 171 Å². The molecular formula is C24H25N3O2. The Bertz CT molecular complexity index is 985. The van der Waals surface area contributed by atoms with Crippen molar-refractivity contribution < 1.29 is 9.53 Å². The van der Waals surface area contributed by atoms with E-state index in [1.54, 1.807) is 6.08 Å². The zero-order valence-corrected chi connectivity index (χ0v) is 16.6. The minimum absolute atomic E-state index is 0.0129. The van der Waals surface area contributed by atoms with Gasteiger partial charge in [-0.05, 0) is 18.6 Å². The van der Waals surface area contributed by atoms with Gasteiger partial charge in [-0.2, -0.15) is 5.10 Å². The highest BCUT2D eigenvalue weighted by atomic mass is 16.5. The van der Waals surface area contributed by atoms with Crippen LogP contribution in [0.25, 0.3) is 17.3 Å². The third-order valence-electron chi connectivity index (χ3n) is 5.03. The highest BCUT2D eigenvalue weighted by molar-refractivity contribution is 5.92. The van der Waals surface area contributed by atoms with Crippen LogP contribution in [0.15, 0.2) is 66.9 Å². The summed E-state index contributed by atoms with van der Waals surface area (Å²) in [6.07, 6.45) is 5.53. The van der Waals surface area contributed by atoms with Crippen molar-refractivity contribution >= 4 is 12.0 Å². The Morgan fingerprint density at radius 2 is 1.79 bits per heavy atom. The number of hydrogen-bond donors (Lipinski definition) is 0. The lowest BCUT2D eigenvalue weighted by atomic mass is 10.1. The minimum atomic E-state index is 0.0129. The molecule has 4 rings (SSSR count). The van der Waals surface area contributed by atoms with E-state index in [-0.39, 0.29) is 5.91 Å². The van der Waals surface area contributed by atoms with Gasteiger partial charge in [0, 0.05) is 36.5 Å². The van der Waals surface area contributed by atoms with Crippen molar-refractivity contribution in [2.45, 2.75) is 13.5 Å². The topological polar surface area (TPSA) is 47.4 Å². The standard InChI is InChI=1S/C24H25N3O2/c1-19-7-9-21(10-8-19)24-22(11-12-23(28)26-13-15-29-16-14-26)18-27(25-24)17-20-5-3-2-4-6-20/h2-12,18H,13-17H2,1H3/b12-11+. The maximum atomic E-state index is 12.5. The van der Waals surface area contributed by atoms with Crippen molar-refractivity contribution in [1.82, 2.24) is 14.7 Å². The van der Waals surface area contributed by atoms with E-state index < -0.39 is 0 Å². The van der Waals surface area contributed by atoms with Crippen LogP contribution in [0.2, 0.25) is 0 Å². The van der Waals surface area contributed by atoms with Crippen molar-refractivity contribution in [2.75, 3.05) is 26.3 Å². The van der Waals surface area contributed by atoms with Gasteiger partial charge >= 0.3 is 0 Å². The number of amides is 1. The number of carbonyl (C=O) groups is 1. The quantitative estimate of drug-likeness (QED) is 0.626. The Morgan fingerprint density at radius 3 is 2.52 bits per heavy atom. The molecule has 0 bridgehead atoms. The summed E-state index contributed by atoms with van der Waals surface area (Å²) >= 11 is 0. The first-order valence-electron chi connectivity index (χ1n) is 9.92. The SMILES string of the molecule is Cc1ccc(-c2nn(Cc3ccccc3)cc2/C=C/C(=O)N2CCOCC2)cc1. The van der Waals surface area contributed by atoms with Crippen LogP contribution in [0.1, 0.15) is 16.7 Å². The van der Waals surface area contributed by atoms with E-state index in [0.29, 0.717) is 32.8 Å². The first-order chi connectivity index (χ1) is 14.2. The van der Waals surface area contributed by atoms with Crippen LogP contribution in [-0.2, 0) is 16.1 Å². The number of hydrogen-bond acceptors (Lipinski definition) is 3. The molecule has 3 aromatic rings. The van der Waals surface area contributed by atoms with E-state index in [2.05, 4.69) is 43.3 Å². The van der Waals surface area contributed by atoms with Crippen molar-refractivity contribution in [3.63, 3.8) is 0 Å². The van der Waals surface area contributed by atoms with Crippen LogP contribution in [-0.4, -0.2) is 46.9 Å². The molecule has 1 aliphatic heterocycles. The molecule has 0 N–H and O–H groups in total. The van der Waals surface area contributed by atoms with Gasteiger partial charge in [0.15, 0.2) is 0 Å². The van der Waals surface area contributed by atoms with E-state index in [4.69, 9.17) is 9.84 Å². The number of aryl methyl sites for hydroxylation is 1. The number of benzene rings is 2. The zero-order chi connectivity index (χ0) is 20.1. The molecule has 29 heavy (non-hydrogen) atoms. The van der Waals surface area contributed by atoms with Crippen LogP contribution in [0.4, 0.5) is 0 Å². The molecule has 1 saturated heterocycles. The highest BCUT2D eigenvalue weighted by Crippen LogP contribution is 2.24. The third kappa shape index (κ3) is 4.81. The molecule has 0 spiro atoms. The molecule has 5 nitrogen and oxygen atoms in total. The van der Waals surface area contributed by atoms with Gasteiger partial charge in [0.2, 0.25) is 5.91 Å². The summed E-state index contributed by atoms with van der Waals surface area (Å²) in [6, 6.07) is 18.6. The molecule has 2 aromatic carbocycles. The van der Waals surface area contributed by atoms with Crippen molar-refractivity contribution in [2.24, 2.45) is 0 Å². The van der Waals surface area contributed by atoms with Crippen molar-refractivity contribution in [1.29, 1.82) is 0 Å². The van der Waals surface area contributed by atoms with E-state index in [1.807, 2.05) is 40.1 Å². The largest absolute Gasteiger partial charge is 0.378 e. The monoisotopic (exact) mass is 387 g/mol. The first kappa shape index (κ1) is 19.2. The number of aromatic nitrogens is 2. The Balaban J connectivity index is 1.62. The van der Waals surface area contributed by atoms with Gasteiger partial charge in [-0.3, -0.25) is 9.48 Å². The predicted octanol–water partition coefficient (Wildman–Crippen LogP) is 3.78. The van der Waals surface area contributed by atoms with Gasteiger partial charge in [-0.15, -0.1) is 0 Å². The van der Waals surface area contributed by atoms with E-state index in [9.17, 15) is 4.79 Å². The van der Waals surface area contributed by atoms with E-state index in [0.717, 1.165) is 16.8 Å². The normalized spacial score (nSPS) is 14.4. The van der Waals surface area contributed by atoms with Gasteiger partial charge in [0.25, 0.3) is 0 Å². The fraction of sp³-hybridized carbons (Fsp3) is 0.250. The maximum Gasteiger partial charge on any atom is 0.246 e. The molecule has 1 amide bonds. The number of rotatable bonds is 5. The van der Waals surface area contributed by atoms with Crippen LogP contribution in [0.5, 0.6) is 0 Å². The van der Waals surface area contributed by atoms with Crippen LogP contribution in [0.3, 0.4) is 0 Å². The molecule has 148 valence electrons. The lowest BCUT2D eigenvalue weighted by Gasteiger charge is -2.25. The lowest BCUT2D eigenvalue weighted by Crippen LogP contribution is -2.39. The molecule has 2 heterocycles. The van der Waals surface area contributed by atoms with Crippen molar-refractivity contribution in [3.05, 3.63) is 83.6 Å². The van der Waals surface area contributed by atoms with Gasteiger partial charge in [0.1, 0.15) is 0 Å². The second-order valence-corrected chi connectivity index (χ2v) is 7.25. The average molecular weight is 387 g/mol. The summed E-state index contributed by atoms with van der Waals surface area (Å²) in [5.74, 6) is 0.0129. The molecule has 1 aliphatic rings. The molecular weight excluding hydrogens is 362 g/mol. The number of ether oxygens (including phenoxy) is 1. The smallest absolute Gasteiger partial charge is 0.246 e. The third-order valence-corrected chi connectivity index (χ3v) is 5.03. The summed E-state index contributed by atoms with van der Waals surface area (Å²) in [6.45, 7) is 5.24. The molecule has 0 atom stereocenters. The summed E-state index contributed by atoms with van der Waals surface area (Å²) in [4.78, 5) is 14.3. The van der Waals surface area contributed by atoms with Crippen LogP contribution < -0.4 is 0 Å². The van der Waals surface area contributed by atoms with Crippen molar-refractivity contribution in [3.8, 4) is 11.3 Å². The second-order valence-electron chi connectivity index (χ2n) is 7.25. The van der Waals surface area contributed by atoms with Gasteiger partial charge in [-0.1, -0.05) is 60.2 Å². The Kier molecular flexibility index (Phi) is 5.86. The van der Waals surface area contributed by atoms with Crippen LogP contribution >= 0.6 is 0 Å². The molecule has 0 saturated carbocycles. The molecule has 0 aliphatic carbocycles. The van der Waals surface area contributed by atoms with Gasteiger partial charge in [-0.25, -0.2) is 0 Å². The summed E-state index contributed by atoms with van der Waals surface area (Å²) in [7, 11) is 0. The summed E-state index contributed by atoms with van der Waals surface area (Å²) < 4.78 is 7.26. The highest BCUT2D eigenvalue weighted by Gasteiger charge is 2.15. The Hall–Kier alpha value is -3.18. The summed E-state index contributed by atoms with van der Waals surface area (Å²) in [5, 5.41) is 4.82. The molecule has 5 heteroatoms. The molecule has 0 radical (unpaired) electrons. The van der Waals surface area contributed by atoms with E-state index in [1.165, 1.54) is 11.1 Å². The van der Waals surface area contributed by atoms with Crippen LogP contribution in [0, 0.1) is 6.92 Å². The fourth-order valence-corrected chi connectivity index (χ4v) is 3.40. The molecule has 0 unspecified atom stereocenters. The molecule has 1 fully saturated rings. The fourth-order valence-electron chi connectivity index (χ4n) is 3.40. The maximum absolute atomic E-state index is 12.5. The summed E-state index contributed by atoms with van der Waals surface area (Å²) in [5.41, 5.74) is 5.25. The Morgan fingerprint density at radius 1 is 1.07 bits per heavy atom. The number of morpholine rings is 1. The zero-order valence-electron chi connectivity index (χ0n) is 16.6. The van der Waals surface area contributed by atoms with E-state index >= 15 is 0 Å². The minimum Gasteiger partial charge on any atom is -0.378 e. The lowest BCUT2D eigenvalue weighted by molar-refractivity contribution is -0.129. The van der Waals surface area contributed by atoms with Gasteiger partial charge < -0.3 is 9.64 Å².